The molecule has 2 aliphatic rings. The number of rotatable bonds is 10. The van der Waals surface area contributed by atoms with E-state index < -0.39 is 22.6 Å². The van der Waals surface area contributed by atoms with Gasteiger partial charge in [-0.3, -0.25) is 0 Å². The van der Waals surface area contributed by atoms with Crippen LogP contribution < -0.4 is 0 Å². The minimum atomic E-state index is -4.07. The normalized spacial score (nSPS) is 17.1. The van der Waals surface area contributed by atoms with Gasteiger partial charge in [-0.2, -0.15) is 0 Å². The summed E-state index contributed by atoms with van der Waals surface area (Å²) in [6, 6.07) is 29.4. The summed E-state index contributed by atoms with van der Waals surface area (Å²) in [7, 11) is 0. The predicted octanol–water partition coefficient (Wildman–Crippen LogP) is 15.9. The summed E-state index contributed by atoms with van der Waals surface area (Å²) >= 11 is -4.07. The maximum absolute atomic E-state index is 4.07. The number of benzene rings is 4. The summed E-state index contributed by atoms with van der Waals surface area (Å²) < 4.78 is 6.88. The van der Waals surface area contributed by atoms with Crippen LogP contribution in [0.15, 0.2) is 84.9 Å². The van der Waals surface area contributed by atoms with Crippen molar-refractivity contribution >= 4 is 17.6 Å². The first-order chi connectivity index (χ1) is 24.4. The standard InChI is InChI=1S/2C21H23.C6H14Si.2CH3.Hf/c2*1-14(2)17-11-18(15(3)4)13-19(12-17)21-10-6-8-16-7-5-9-20(16)21;1-5(2)7-6(3)4;;;/h2*5-15H,1-4H3;5-6H,1-4H3;2*1H3;. The minimum absolute atomic E-state index is 0.502. The van der Waals surface area contributed by atoms with Crippen LogP contribution in [-0.4, -0.2) is 5.49 Å². The van der Waals surface area contributed by atoms with Crippen LogP contribution in [0.4, 0.5) is 0 Å². The topological polar surface area (TPSA) is 0 Å². The maximum atomic E-state index is 2.92. The Morgan fingerprint density at radius 2 is 0.788 bits per heavy atom. The van der Waals surface area contributed by atoms with Gasteiger partial charge < -0.3 is 0 Å². The molecule has 4 aromatic carbocycles. The summed E-state index contributed by atoms with van der Waals surface area (Å²) in [5, 5.41) is 0. The van der Waals surface area contributed by atoms with E-state index >= 15 is 0 Å². The van der Waals surface area contributed by atoms with Crippen LogP contribution in [0.5, 0.6) is 0 Å². The molecule has 0 fully saturated rings. The Hall–Kier alpha value is -2.55. The number of hydrogen-bond donors (Lipinski definition) is 0. The first-order valence-corrected chi connectivity index (χ1v) is 38.8. The van der Waals surface area contributed by atoms with E-state index in [1.54, 1.807) is 11.1 Å². The van der Waals surface area contributed by atoms with Crippen molar-refractivity contribution in [3.63, 3.8) is 0 Å². The number of hydrogen-bond acceptors (Lipinski definition) is 0. The molecule has 2 atom stereocenters. The summed E-state index contributed by atoms with van der Waals surface area (Å²) in [4.78, 5) is 0. The van der Waals surface area contributed by atoms with Crippen molar-refractivity contribution in [2.24, 2.45) is 0 Å². The summed E-state index contributed by atoms with van der Waals surface area (Å²) in [5.74, 6) is 2.01. The van der Waals surface area contributed by atoms with Crippen molar-refractivity contribution in [3.8, 4) is 22.3 Å². The fourth-order valence-electron chi connectivity index (χ4n) is 10.8. The van der Waals surface area contributed by atoms with Crippen molar-refractivity contribution in [1.82, 2.24) is 0 Å². The Morgan fingerprint density at radius 3 is 1.08 bits per heavy atom. The summed E-state index contributed by atoms with van der Waals surface area (Å²) in [6.07, 6.45) is 10.5. The Kier molecular flexibility index (Phi) is 11.0. The van der Waals surface area contributed by atoms with Gasteiger partial charge in [-0.15, -0.1) is 0 Å². The summed E-state index contributed by atoms with van der Waals surface area (Å²) in [6.45, 7) is 28.9. The molecule has 274 valence electrons. The molecule has 52 heavy (non-hydrogen) atoms. The van der Waals surface area contributed by atoms with Crippen LogP contribution in [0.25, 0.3) is 34.4 Å². The van der Waals surface area contributed by atoms with Crippen molar-refractivity contribution in [2.45, 2.75) is 135 Å². The van der Waals surface area contributed by atoms with E-state index in [1.165, 1.54) is 55.6 Å². The zero-order valence-corrected chi connectivity index (χ0v) is 39.4. The van der Waals surface area contributed by atoms with Gasteiger partial charge in [0.1, 0.15) is 0 Å². The van der Waals surface area contributed by atoms with Gasteiger partial charge in [0, 0.05) is 0 Å². The fourth-order valence-corrected chi connectivity index (χ4v) is 82.6. The third-order valence-corrected chi connectivity index (χ3v) is 72.0. The van der Waals surface area contributed by atoms with E-state index in [2.05, 4.69) is 190 Å². The Morgan fingerprint density at radius 1 is 0.462 bits per heavy atom. The molecule has 0 radical (unpaired) electrons. The molecule has 0 amide bonds. The van der Waals surface area contributed by atoms with E-state index in [1.807, 2.05) is 0 Å². The molecule has 0 spiro atoms. The molecule has 4 aromatic rings. The molecule has 2 unspecified atom stereocenters. The van der Waals surface area contributed by atoms with E-state index in [0.29, 0.717) is 42.1 Å². The van der Waals surface area contributed by atoms with Gasteiger partial charge in [-0.25, -0.2) is 0 Å². The molecule has 0 aromatic heterocycles. The molecule has 0 saturated carbocycles. The van der Waals surface area contributed by atoms with Crippen molar-refractivity contribution in [3.05, 3.63) is 129 Å². The molecule has 2 aliphatic carbocycles. The van der Waals surface area contributed by atoms with Gasteiger partial charge >= 0.3 is 321 Å². The van der Waals surface area contributed by atoms with Gasteiger partial charge in [0.15, 0.2) is 0 Å². The van der Waals surface area contributed by atoms with Crippen molar-refractivity contribution in [1.29, 1.82) is 0 Å². The fraction of sp³-hybridized carbons (Fsp3) is 0.440. The molecular formula is C50H66HfSi. The SMILES string of the molecule is CC(C)c1cc(-c2cccc3c2C=C[CH]3[Hf]([CH3])([CH3])([CH]2C=Cc3c(-c4cc(C(C)C)cc(C(C)C)c4)cccc32)=[Si](C(C)C)C(C)C)cc(C(C)C)c1. The Balaban J connectivity index is 1.58. The van der Waals surface area contributed by atoms with E-state index in [-0.39, 0.29) is 0 Å². The first-order valence-electron chi connectivity index (χ1n) is 20.4. The van der Waals surface area contributed by atoms with Crippen molar-refractivity contribution in [2.75, 3.05) is 0 Å². The average molecular weight is 874 g/mol. The van der Waals surface area contributed by atoms with Crippen LogP contribution in [0.1, 0.15) is 159 Å². The third-order valence-electron chi connectivity index (χ3n) is 13.2. The molecule has 6 rings (SSSR count). The zero-order chi connectivity index (χ0) is 37.9. The van der Waals surface area contributed by atoms with Gasteiger partial charge in [-0.1, -0.05) is 0 Å². The van der Waals surface area contributed by atoms with E-state index in [0.717, 1.165) is 0 Å². The molecular weight excluding hydrogens is 807 g/mol. The molecule has 2 heteroatoms. The monoisotopic (exact) mass is 874 g/mol. The molecule has 0 saturated heterocycles. The van der Waals surface area contributed by atoms with E-state index in [9.17, 15) is 0 Å². The van der Waals surface area contributed by atoms with Crippen LogP contribution in [0.2, 0.25) is 20.4 Å². The van der Waals surface area contributed by atoms with Gasteiger partial charge in [0.25, 0.3) is 0 Å². The third kappa shape index (κ3) is 6.72. The number of allylic oxidation sites excluding steroid dienone is 2. The number of fused-ring (bicyclic) bond motifs is 2. The molecule has 0 aliphatic heterocycles. The van der Waals surface area contributed by atoms with Gasteiger partial charge in [-0.05, 0) is 0 Å². The second-order valence-corrected chi connectivity index (χ2v) is 64.6. The summed E-state index contributed by atoms with van der Waals surface area (Å²) in [5.41, 5.74) is 18.2. The molecule has 0 N–H and O–H groups in total. The van der Waals surface area contributed by atoms with Crippen LogP contribution in [-0.2, 0) is 17.1 Å². The predicted molar refractivity (Wildman–Crippen MR) is 231 cm³/mol. The molecule has 0 heterocycles. The second kappa shape index (κ2) is 14.6. The van der Waals surface area contributed by atoms with Crippen molar-refractivity contribution < 1.29 is 17.1 Å². The molecule has 0 nitrogen and oxygen atoms in total. The second-order valence-electron chi connectivity index (χ2n) is 19.1. The van der Waals surface area contributed by atoms with Gasteiger partial charge in [0.05, 0.1) is 0 Å². The van der Waals surface area contributed by atoms with Crippen LogP contribution in [0.3, 0.4) is 0 Å². The van der Waals surface area contributed by atoms with Gasteiger partial charge in [0.2, 0.25) is 0 Å². The van der Waals surface area contributed by atoms with Crippen LogP contribution in [0, 0.1) is 0 Å². The average Bonchev–Trinajstić information content (AvgIpc) is 3.74. The van der Waals surface area contributed by atoms with Crippen LogP contribution >= 0.6 is 0 Å². The van der Waals surface area contributed by atoms with E-state index in [4.69, 9.17) is 0 Å². The molecule has 0 bridgehead atoms. The Labute approximate surface area is 318 Å². The zero-order valence-electron chi connectivity index (χ0n) is 34.9. The Bertz CT molecular complexity index is 1930. The first kappa shape index (κ1) is 39.1. The quantitative estimate of drug-likeness (QED) is 0.139.